The third-order valence-electron chi connectivity index (χ3n) is 2.37. The largest absolute Gasteiger partial charge is 0.374 e. The summed E-state index contributed by atoms with van der Waals surface area (Å²) in [6.45, 7) is 8.33. The van der Waals surface area contributed by atoms with Gasteiger partial charge in [0.2, 0.25) is 5.91 Å². The fraction of sp³-hybridized carbons (Fsp3) is 0.615. The number of hydrogen-bond donors (Lipinski definition) is 2. The zero-order valence-electron chi connectivity index (χ0n) is 12.2. The van der Waals surface area contributed by atoms with Gasteiger partial charge in [-0.15, -0.1) is 0 Å². The maximum atomic E-state index is 11.8. The Labute approximate surface area is 124 Å². The van der Waals surface area contributed by atoms with Crippen LogP contribution >= 0.6 is 11.6 Å². The normalized spacial score (nSPS) is 12.3. The molecule has 0 saturated heterocycles. The van der Waals surface area contributed by atoms with Gasteiger partial charge in [0.15, 0.2) is 5.82 Å². The average Bonchev–Trinajstić information content (AvgIpc) is 2.34. The predicted molar refractivity (Wildman–Crippen MR) is 78.7 cm³/mol. The first-order valence-corrected chi connectivity index (χ1v) is 6.98. The van der Waals surface area contributed by atoms with Crippen LogP contribution in [-0.2, 0) is 16.1 Å². The van der Waals surface area contributed by atoms with E-state index >= 15 is 0 Å². The summed E-state index contributed by atoms with van der Waals surface area (Å²) in [5.41, 5.74) is 0. The maximum absolute atomic E-state index is 11.8. The Balaban J connectivity index is 2.71. The third kappa shape index (κ3) is 5.71. The summed E-state index contributed by atoms with van der Waals surface area (Å²) in [5.74, 6) is 0.894. The molecule has 2 N–H and O–H groups in total. The van der Waals surface area contributed by atoms with Crippen LogP contribution in [0.25, 0.3) is 0 Å². The van der Waals surface area contributed by atoms with Gasteiger partial charge in [-0.1, -0.05) is 11.6 Å². The number of hydrogen-bond acceptors (Lipinski definition) is 5. The van der Waals surface area contributed by atoms with E-state index in [1.54, 1.807) is 13.0 Å². The molecule has 112 valence electrons. The van der Waals surface area contributed by atoms with Crippen LogP contribution in [0.3, 0.4) is 0 Å². The van der Waals surface area contributed by atoms with E-state index in [0.717, 1.165) is 0 Å². The van der Waals surface area contributed by atoms with Crippen LogP contribution in [0.5, 0.6) is 0 Å². The summed E-state index contributed by atoms with van der Waals surface area (Å²) in [6, 6.07) is 1.26. The molecule has 20 heavy (non-hydrogen) atoms. The molecule has 1 unspecified atom stereocenters. The summed E-state index contributed by atoms with van der Waals surface area (Å²) >= 11 is 5.93. The second-order valence-corrected chi connectivity index (χ2v) is 5.05. The molecule has 0 aliphatic rings. The smallest absolute Gasteiger partial charge is 0.242 e. The fourth-order valence-corrected chi connectivity index (χ4v) is 1.69. The molecule has 0 spiro atoms. The lowest BCUT2D eigenvalue weighted by molar-refractivity contribution is -0.122. The minimum atomic E-state index is -0.414. The molecule has 0 aliphatic heterocycles. The van der Waals surface area contributed by atoms with Crippen molar-refractivity contribution in [3.8, 4) is 0 Å². The SMILES string of the molecule is CCOCc1nc(Cl)cc(NC(C)C(=O)NC(C)C)n1. The monoisotopic (exact) mass is 300 g/mol. The van der Waals surface area contributed by atoms with Gasteiger partial charge in [0, 0.05) is 18.7 Å². The first kappa shape index (κ1) is 16.7. The lowest BCUT2D eigenvalue weighted by Crippen LogP contribution is -2.41. The van der Waals surface area contributed by atoms with Crippen molar-refractivity contribution in [2.24, 2.45) is 0 Å². The van der Waals surface area contributed by atoms with Gasteiger partial charge in [-0.3, -0.25) is 4.79 Å². The molecule has 1 rings (SSSR count). The minimum Gasteiger partial charge on any atom is -0.374 e. The summed E-state index contributed by atoms with van der Waals surface area (Å²) < 4.78 is 5.24. The van der Waals surface area contributed by atoms with E-state index in [9.17, 15) is 4.79 Å². The van der Waals surface area contributed by atoms with Crippen LogP contribution < -0.4 is 10.6 Å². The van der Waals surface area contributed by atoms with Gasteiger partial charge in [-0.25, -0.2) is 9.97 Å². The van der Waals surface area contributed by atoms with Crippen molar-refractivity contribution in [2.75, 3.05) is 11.9 Å². The molecule has 6 nitrogen and oxygen atoms in total. The van der Waals surface area contributed by atoms with Crippen molar-refractivity contribution < 1.29 is 9.53 Å². The molecule has 0 aliphatic carbocycles. The van der Waals surface area contributed by atoms with E-state index in [1.807, 2.05) is 20.8 Å². The number of nitrogens with one attached hydrogen (secondary N) is 2. The van der Waals surface area contributed by atoms with E-state index in [2.05, 4.69) is 20.6 Å². The van der Waals surface area contributed by atoms with E-state index in [-0.39, 0.29) is 18.6 Å². The van der Waals surface area contributed by atoms with Gasteiger partial charge in [-0.2, -0.15) is 0 Å². The lowest BCUT2D eigenvalue weighted by Gasteiger charge is -2.16. The third-order valence-corrected chi connectivity index (χ3v) is 2.56. The summed E-state index contributed by atoms with van der Waals surface area (Å²) in [4.78, 5) is 20.1. The summed E-state index contributed by atoms with van der Waals surface area (Å²) in [7, 11) is 0. The van der Waals surface area contributed by atoms with Gasteiger partial charge >= 0.3 is 0 Å². The Hall–Kier alpha value is -1.40. The molecular weight excluding hydrogens is 280 g/mol. The quantitative estimate of drug-likeness (QED) is 0.753. The highest BCUT2D eigenvalue weighted by molar-refractivity contribution is 6.29. The van der Waals surface area contributed by atoms with Gasteiger partial charge < -0.3 is 15.4 Å². The van der Waals surface area contributed by atoms with Gasteiger partial charge in [-0.05, 0) is 27.7 Å². The predicted octanol–water partition coefficient (Wildman–Crippen LogP) is 1.99. The highest BCUT2D eigenvalue weighted by atomic mass is 35.5. The molecule has 0 saturated carbocycles. The second-order valence-electron chi connectivity index (χ2n) is 4.66. The number of rotatable bonds is 7. The molecule has 7 heteroatoms. The van der Waals surface area contributed by atoms with Gasteiger partial charge in [0.25, 0.3) is 0 Å². The number of ether oxygens (including phenoxy) is 1. The lowest BCUT2D eigenvalue weighted by atomic mass is 10.3. The van der Waals surface area contributed by atoms with Crippen LogP contribution in [0.15, 0.2) is 6.07 Å². The highest BCUT2D eigenvalue weighted by Crippen LogP contribution is 2.13. The minimum absolute atomic E-state index is 0.0919. The van der Waals surface area contributed by atoms with Crippen LogP contribution in [-0.4, -0.2) is 34.6 Å². The highest BCUT2D eigenvalue weighted by Gasteiger charge is 2.14. The molecule has 0 fully saturated rings. The Morgan fingerprint density at radius 3 is 2.70 bits per heavy atom. The molecule has 1 heterocycles. The Morgan fingerprint density at radius 2 is 2.10 bits per heavy atom. The van der Waals surface area contributed by atoms with Crippen molar-refractivity contribution in [1.29, 1.82) is 0 Å². The van der Waals surface area contributed by atoms with Crippen molar-refractivity contribution in [3.05, 3.63) is 17.0 Å². The van der Waals surface area contributed by atoms with E-state index in [1.165, 1.54) is 0 Å². The standard InChI is InChI=1S/C13H21ClN4O2/c1-5-20-7-12-17-10(14)6-11(18-12)16-9(4)13(19)15-8(2)3/h6,8-9H,5,7H2,1-4H3,(H,15,19)(H,16,17,18). The van der Waals surface area contributed by atoms with E-state index < -0.39 is 6.04 Å². The number of aromatic nitrogens is 2. The number of nitrogens with zero attached hydrogens (tertiary/aromatic N) is 2. The van der Waals surface area contributed by atoms with Crippen LogP contribution in [0.4, 0.5) is 5.82 Å². The van der Waals surface area contributed by atoms with Gasteiger partial charge in [0.05, 0.1) is 0 Å². The summed E-state index contributed by atoms with van der Waals surface area (Å²) in [6.07, 6.45) is 0. The average molecular weight is 301 g/mol. The van der Waals surface area contributed by atoms with Crippen LogP contribution in [0.2, 0.25) is 5.15 Å². The molecule has 1 amide bonds. The Bertz CT molecular complexity index is 454. The number of carbonyl (C=O) groups is 1. The van der Waals surface area contributed by atoms with Crippen molar-refractivity contribution >= 4 is 23.3 Å². The van der Waals surface area contributed by atoms with E-state index in [0.29, 0.717) is 23.4 Å². The zero-order valence-corrected chi connectivity index (χ0v) is 13.0. The molecule has 0 radical (unpaired) electrons. The molecule has 0 aromatic carbocycles. The molecule has 0 bridgehead atoms. The second kappa shape index (κ2) is 8.01. The zero-order chi connectivity index (χ0) is 15.1. The molecule has 1 atom stereocenters. The molecular formula is C13H21ClN4O2. The summed E-state index contributed by atoms with van der Waals surface area (Å²) in [5, 5.41) is 6.14. The van der Waals surface area contributed by atoms with E-state index in [4.69, 9.17) is 16.3 Å². The van der Waals surface area contributed by atoms with Gasteiger partial charge in [0.1, 0.15) is 23.6 Å². The number of amides is 1. The van der Waals surface area contributed by atoms with Crippen molar-refractivity contribution in [3.63, 3.8) is 0 Å². The van der Waals surface area contributed by atoms with Crippen molar-refractivity contribution in [1.82, 2.24) is 15.3 Å². The maximum Gasteiger partial charge on any atom is 0.242 e. The Kier molecular flexibility index (Phi) is 6.67. The molecule has 1 aromatic rings. The first-order valence-electron chi connectivity index (χ1n) is 6.60. The Morgan fingerprint density at radius 1 is 1.40 bits per heavy atom. The topological polar surface area (TPSA) is 76.1 Å². The number of anilines is 1. The fourth-order valence-electron chi connectivity index (χ4n) is 1.49. The van der Waals surface area contributed by atoms with Crippen LogP contribution in [0, 0.1) is 0 Å². The molecule has 1 aromatic heterocycles. The van der Waals surface area contributed by atoms with Crippen molar-refractivity contribution in [2.45, 2.75) is 46.4 Å². The number of halogens is 1. The van der Waals surface area contributed by atoms with Crippen LogP contribution in [0.1, 0.15) is 33.5 Å². The first-order chi connectivity index (χ1) is 9.42. The number of carbonyl (C=O) groups excluding carboxylic acids is 1.